The van der Waals surface area contributed by atoms with Gasteiger partial charge in [0.25, 0.3) is 0 Å². The van der Waals surface area contributed by atoms with Crippen LogP contribution in [0.2, 0.25) is 5.02 Å². The van der Waals surface area contributed by atoms with E-state index in [9.17, 15) is 9.59 Å². The maximum Gasteiger partial charge on any atom is 0.325 e. The lowest BCUT2D eigenvalue weighted by Gasteiger charge is -2.15. The van der Waals surface area contributed by atoms with Gasteiger partial charge in [-0.1, -0.05) is 17.7 Å². The largest absolute Gasteiger partial charge is 0.468 e. The van der Waals surface area contributed by atoms with Crippen LogP contribution in [0.1, 0.15) is 5.56 Å². The quantitative estimate of drug-likeness (QED) is 0.733. The van der Waals surface area contributed by atoms with Crippen LogP contribution in [-0.2, 0) is 20.7 Å². The first-order valence-corrected chi connectivity index (χ1v) is 5.15. The van der Waals surface area contributed by atoms with E-state index in [2.05, 4.69) is 4.74 Å². The molecule has 4 nitrogen and oxygen atoms in total. The van der Waals surface area contributed by atoms with Crippen molar-refractivity contribution in [2.45, 2.75) is 6.42 Å². The molecule has 1 aliphatic heterocycles. The van der Waals surface area contributed by atoms with Gasteiger partial charge in [0.15, 0.2) is 0 Å². The Balaban J connectivity index is 2.31. The highest BCUT2D eigenvalue weighted by Gasteiger charge is 2.29. The third kappa shape index (κ3) is 1.88. The Morgan fingerprint density at radius 1 is 1.56 bits per heavy atom. The molecule has 84 valence electrons. The molecule has 0 spiro atoms. The van der Waals surface area contributed by atoms with Crippen molar-refractivity contribution in [1.29, 1.82) is 0 Å². The molecule has 0 atom stereocenters. The number of esters is 1. The van der Waals surface area contributed by atoms with E-state index in [1.807, 2.05) is 0 Å². The summed E-state index contributed by atoms with van der Waals surface area (Å²) in [5.41, 5.74) is 1.58. The molecule has 0 aromatic heterocycles. The zero-order valence-corrected chi connectivity index (χ0v) is 9.45. The molecule has 0 radical (unpaired) electrons. The van der Waals surface area contributed by atoms with Gasteiger partial charge in [-0.15, -0.1) is 0 Å². The number of methoxy groups -OCH3 is 1. The second-order valence-electron chi connectivity index (χ2n) is 3.51. The molecule has 16 heavy (non-hydrogen) atoms. The molecule has 1 aromatic rings. The average molecular weight is 240 g/mol. The van der Waals surface area contributed by atoms with E-state index < -0.39 is 5.97 Å². The van der Waals surface area contributed by atoms with Crippen LogP contribution in [0, 0.1) is 0 Å². The highest BCUT2D eigenvalue weighted by atomic mass is 35.5. The SMILES string of the molecule is COC(=O)CN1C(=O)Cc2ccc(Cl)cc21. The Morgan fingerprint density at radius 2 is 2.31 bits per heavy atom. The summed E-state index contributed by atoms with van der Waals surface area (Å²) in [4.78, 5) is 24.2. The summed E-state index contributed by atoms with van der Waals surface area (Å²) in [6, 6.07) is 5.22. The number of anilines is 1. The van der Waals surface area contributed by atoms with E-state index in [0.717, 1.165) is 5.56 Å². The number of halogens is 1. The van der Waals surface area contributed by atoms with Crippen LogP contribution < -0.4 is 4.90 Å². The van der Waals surface area contributed by atoms with E-state index in [4.69, 9.17) is 11.6 Å². The van der Waals surface area contributed by atoms with Crippen molar-refractivity contribution in [1.82, 2.24) is 0 Å². The van der Waals surface area contributed by atoms with Crippen LogP contribution in [-0.4, -0.2) is 25.5 Å². The summed E-state index contributed by atoms with van der Waals surface area (Å²) in [7, 11) is 1.29. The Labute approximate surface area is 97.7 Å². The third-order valence-corrected chi connectivity index (χ3v) is 2.73. The molecule has 2 rings (SSSR count). The monoisotopic (exact) mass is 239 g/mol. The minimum Gasteiger partial charge on any atom is -0.468 e. The lowest BCUT2D eigenvalue weighted by molar-refractivity contribution is -0.139. The van der Waals surface area contributed by atoms with Gasteiger partial charge in [0, 0.05) is 10.7 Å². The van der Waals surface area contributed by atoms with E-state index in [-0.39, 0.29) is 12.5 Å². The van der Waals surface area contributed by atoms with Gasteiger partial charge in [0.05, 0.1) is 13.5 Å². The van der Waals surface area contributed by atoms with Crippen LogP contribution in [0.15, 0.2) is 18.2 Å². The van der Waals surface area contributed by atoms with Crippen LogP contribution in [0.4, 0.5) is 5.69 Å². The van der Waals surface area contributed by atoms with Gasteiger partial charge in [-0.25, -0.2) is 0 Å². The molecule has 0 saturated heterocycles. The molecule has 1 heterocycles. The van der Waals surface area contributed by atoms with Gasteiger partial charge < -0.3 is 9.64 Å². The number of nitrogens with zero attached hydrogens (tertiary/aromatic N) is 1. The first-order chi connectivity index (χ1) is 7.61. The van der Waals surface area contributed by atoms with Gasteiger partial charge in [-0.3, -0.25) is 9.59 Å². The maximum atomic E-state index is 11.7. The number of carbonyl (C=O) groups is 2. The summed E-state index contributed by atoms with van der Waals surface area (Å²) in [5, 5.41) is 0.545. The Morgan fingerprint density at radius 3 is 3.00 bits per heavy atom. The molecule has 1 amide bonds. The van der Waals surface area contributed by atoms with Gasteiger partial charge in [-0.05, 0) is 17.7 Å². The van der Waals surface area contributed by atoms with E-state index in [0.29, 0.717) is 17.1 Å². The van der Waals surface area contributed by atoms with Crippen LogP contribution in [0.5, 0.6) is 0 Å². The van der Waals surface area contributed by atoms with E-state index in [1.165, 1.54) is 12.0 Å². The summed E-state index contributed by atoms with van der Waals surface area (Å²) in [5.74, 6) is -0.552. The van der Waals surface area contributed by atoms with Gasteiger partial charge in [0.1, 0.15) is 6.54 Å². The first kappa shape index (κ1) is 11.0. The minimum absolute atomic E-state index is 0.0668. The van der Waals surface area contributed by atoms with Crippen molar-refractivity contribution in [3.63, 3.8) is 0 Å². The van der Waals surface area contributed by atoms with Crippen molar-refractivity contribution < 1.29 is 14.3 Å². The standard InChI is InChI=1S/C11H10ClNO3/c1-16-11(15)6-13-9-5-8(12)3-2-7(9)4-10(13)14/h2-3,5H,4,6H2,1H3. The molecule has 0 unspecified atom stereocenters. The lowest BCUT2D eigenvalue weighted by Crippen LogP contribution is -2.33. The van der Waals surface area contributed by atoms with E-state index >= 15 is 0 Å². The topological polar surface area (TPSA) is 46.6 Å². The van der Waals surface area contributed by atoms with Crippen molar-refractivity contribution in [3.8, 4) is 0 Å². The molecule has 0 saturated carbocycles. The molecule has 0 N–H and O–H groups in total. The number of benzene rings is 1. The fourth-order valence-electron chi connectivity index (χ4n) is 1.70. The summed E-state index contributed by atoms with van der Waals surface area (Å²) >= 11 is 5.85. The maximum absolute atomic E-state index is 11.7. The highest BCUT2D eigenvalue weighted by molar-refractivity contribution is 6.31. The first-order valence-electron chi connectivity index (χ1n) is 4.77. The number of rotatable bonds is 2. The number of ether oxygens (including phenoxy) is 1. The predicted octanol–water partition coefficient (Wildman–Crippen LogP) is 1.40. The normalized spacial score (nSPS) is 13.9. The second kappa shape index (κ2) is 4.14. The van der Waals surface area contributed by atoms with Crippen LogP contribution >= 0.6 is 11.6 Å². The molecular weight excluding hydrogens is 230 g/mol. The molecule has 1 aromatic carbocycles. The third-order valence-electron chi connectivity index (χ3n) is 2.50. The molecule has 0 fully saturated rings. The lowest BCUT2D eigenvalue weighted by atomic mass is 10.2. The smallest absolute Gasteiger partial charge is 0.325 e. The van der Waals surface area contributed by atoms with Crippen LogP contribution in [0.25, 0.3) is 0 Å². The zero-order chi connectivity index (χ0) is 11.7. The highest BCUT2D eigenvalue weighted by Crippen LogP contribution is 2.31. The molecule has 1 aliphatic rings. The molecule has 5 heteroatoms. The van der Waals surface area contributed by atoms with Crippen molar-refractivity contribution in [2.24, 2.45) is 0 Å². The second-order valence-corrected chi connectivity index (χ2v) is 3.94. The number of carbonyl (C=O) groups excluding carboxylic acids is 2. The van der Waals surface area contributed by atoms with Gasteiger partial charge in [-0.2, -0.15) is 0 Å². The van der Waals surface area contributed by atoms with E-state index in [1.54, 1.807) is 18.2 Å². The predicted molar refractivity (Wildman–Crippen MR) is 59.5 cm³/mol. The number of amides is 1. The van der Waals surface area contributed by atoms with Crippen molar-refractivity contribution in [2.75, 3.05) is 18.6 Å². The van der Waals surface area contributed by atoms with Crippen LogP contribution in [0.3, 0.4) is 0 Å². The van der Waals surface area contributed by atoms with Crippen molar-refractivity contribution >= 4 is 29.2 Å². The minimum atomic E-state index is -0.443. The molecule has 0 bridgehead atoms. The van der Waals surface area contributed by atoms with Gasteiger partial charge >= 0.3 is 5.97 Å². The Kier molecular flexibility index (Phi) is 2.83. The Bertz CT molecular complexity index is 459. The van der Waals surface area contributed by atoms with Crippen molar-refractivity contribution in [3.05, 3.63) is 28.8 Å². The fraction of sp³-hybridized carbons (Fsp3) is 0.273. The number of hydrogen-bond donors (Lipinski definition) is 0. The summed E-state index contributed by atoms with van der Waals surface area (Å²) in [6.45, 7) is -0.0668. The summed E-state index contributed by atoms with van der Waals surface area (Å²) < 4.78 is 4.54. The number of fused-ring (bicyclic) bond motifs is 1. The Hall–Kier alpha value is -1.55. The number of hydrogen-bond acceptors (Lipinski definition) is 3. The molecular formula is C11H10ClNO3. The molecule has 0 aliphatic carbocycles. The van der Waals surface area contributed by atoms with Gasteiger partial charge in [0.2, 0.25) is 5.91 Å². The zero-order valence-electron chi connectivity index (χ0n) is 8.70. The summed E-state index contributed by atoms with van der Waals surface area (Å²) in [6.07, 6.45) is 0.309. The fourth-order valence-corrected chi connectivity index (χ4v) is 1.86. The average Bonchev–Trinajstić information content (AvgIpc) is 2.55.